The Bertz CT molecular complexity index is 1220. The topological polar surface area (TPSA) is 66.5 Å². The Morgan fingerprint density at radius 3 is 2.23 bits per heavy atom. The van der Waals surface area contributed by atoms with Gasteiger partial charge in [-0.15, -0.1) is 0 Å². The first kappa shape index (κ1) is 20.9. The van der Waals surface area contributed by atoms with Crippen LogP contribution < -0.4 is 4.72 Å². The maximum Gasteiger partial charge on any atom is 0.261 e. The number of hydrogen-bond acceptors (Lipinski definition) is 3. The Labute approximate surface area is 183 Å². The summed E-state index contributed by atoms with van der Waals surface area (Å²) in [5, 5.41) is 0. The molecule has 0 unspecified atom stereocenters. The lowest BCUT2D eigenvalue weighted by Gasteiger charge is -2.27. The van der Waals surface area contributed by atoms with Gasteiger partial charge in [-0.1, -0.05) is 54.6 Å². The van der Waals surface area contributed by atoms with E-state index in [4.69, 9.17) is 0 Å². The SMILES string of the molecule is Cc1ccccc1NS(=O)(=O)c1ccc(C(=O)N2CC=C(c3ccccc3)CC2)cc1. The number of anilines is 1. The van der Waals surface area contributed by atoms with E-state index in [0.717, 1.165) is 12.0 Å². The molecule has 0 saturated carbocycles. The highest BCUT2D eigenvalue weighted by atomic mass is 32.2. The number of carbonyl (C=O) groups is 1. The molecule has 3 aromatic carbocycles. The normalized spacial score (nSPS) is 14.1. The van der Waals surface area contributed by atoms with Crippen molar-refractivity contribution in [2.75, 3.05) is 17.8 Å². The fourth-order valence-electron chi connectivity index (χ4n) is 3.62. The van der Waals surface area contributed by atoms with Crippen LogP contribution in [0.15, 0.2) is 89.8 Å². The number of para-hydroxylation sites is 1. The predicted octanol–water partition coefficient (Wildman–Crippen LogP) is 4.73. The molecule has 0 saturated heterocycles. The lowest BCUT2D eigenvalue weighted by atomic mass is 9.99. The summed E-state index contributed by atoms with van der Waals surface area (Å²) in [5.41, 5.74) is 4.29. The number of benzene rings is 3. The van der Waals surface area contributed by atoms with Gasteiger partial charge in [0.2, 0.25) is 0 Å². The van der Waals surface area contributed by atoms with E-state index in [1.165, 1.54) is 23.3 Å². The summed E-state index contributed by atoms with van der Waals surface area (Å²) in [6, 6.07) is 23.5. The molecule has 0 aromatic heterocycles. The molecule has 0 radical (unpaired) electrons. The molecule has 1 N–H and O–H groups in total. The molecule has 0 atom stereocenters. The summed E-state index contributed by atoms with van der Waals surface area (Å²) in [7, 11) is -3.73. The third-order valence-electron chi connectivity index (χ3n) is 5.44. The van der Waals surface area contributed by atoms with Crippen LogP contribution in [-0.2, 0) is 10.0 Å². The molecule has 0 spiro atoms. The van der Waals surface area contributed by atoms with E-state index in [0.29, 0.717) is 24.3 Å². The monoisotopic (exact) mass is 432 g/mol. The second kappa shape index (κ2) is 8.78. The van der Waals surface area contributed by atoms with Crippen molar-refractivity contribution in [1.29, 1.82) is 0 Å². The molecule has 5 nitrogen and oxygen atoms in total. The summed E-state index contributed by atoms with van der Waals surface area (Å²) in [5.74, 6) is -0.0980. The zero-order valence-electron chi connectivity index (χ0n) is 17.3. The number of amides is 1. The van der Waals surface area contributed by atoms with Crippen molar-refractivity contribution in [2.24, 2.45) is 0 Å². The van der Waals surface area contributed by atoms with E-state index in [1.54, 1.807) is 29.2 Å². The molecule has 3 aromatic rings. The second-order valence-electron chi connectivity index (χ2n) is 7.54. The van der Waals surface area contributed by atoms with Crippen LogP contribution in [0.5, 0.6) is 0 Å². The van der Waals surface area contributed by atoms with Gasteiger partial charge in [-0.25, -0.2) is 8.42 Å². The van der Waals surface area contributed by atoms with Gasteiger partial charge >= 0.3 is 0 Å². The highest BCUT2D eigenvalue weighted by Gasteiger charge is 2.21. The van der Waals surface area contributed by atoms with Gasteiger partial charge in [-0.3, -0.25) is 9.52 Å². The molecular weight excluding hydrogens is 408 g/mol. The maximum absolute atomic E-state index is 12.9. The Kier molecular flexibility index (Phi) is 5.91. The molecule has 0 bridgehead atoms. The minimum atomic E-state index is -3.73. The van der Waals surface area contributed by atoms with Crippen molar-refractivity contribution in [1.82, 2.24) is 4.90 Å². The van der Waals surface area contributed by atoms with Crippen LogP contribution >= 0.6 is 0 Å². The Morgan fingerprint density at radius 2 is 1.58 bits per heavy atom. The van der Waals surface area contributed by atoms with Crippen molar-refractivity contribution in [3.05, 3.63) is 102 Å². The van der Waals surface area contributed by atoms with Crippen LogP contribution in [0.3, 0.4) is 0 Å². The summed E-state index contributed by atoms with van der Waals surface area (Å²) in [6.07, 6.45) is 2.88. The van der Waals surface area contributed by atoms with Crippen molar-refractivity contribution in [3.63, 3.8) is 0 Å². The quantitative estimate of drug-likeness (QED) is 0.634. The van der Waals surface area contributed by atoms with E-state index < -0.39 is 10.0 Å². The summed E-state index contributed by atoms with van der Waals surface area (Å²) in [6.45, 7) is 3.02. The lowest BCUT2D eigenvalue weighted by Crippen LogP contribution is -2.34. The van der Waals surface area contributed by atoms with Crippen LogP contribution in [-0.4, -0.2) is 32.3 Å². The molecule has 1 aliphatic rings. The number of rotatable bonds is 5. The number of aryl methyl sites for hydroxylation is 1. The minimum absolute atomic E-state index is 0.0980. The highest BCUT2D eigenvalue weighted by molar-refractivity contribution is 7.92. The zero-order valence-corrected chi connectivity index (χ0v) is 18.1. The van der Waals surface area contributed by atoms with Gasteiger partial charge in [-0.2, -0.15) is 0 Å². The van der Waals surface area contributed by atoms with Gasteiger partial charge in [0.15, 0.2) is 0 Å². The molecule has 158 valence electrons. The molecule has 1 heterocycles. The van der Waals surface area contributed by atoms with Crippen LogP contribution in [0.4, 0.5) is 5.69 Å². The van der Waals surface area contributed by atoms with Crippen LogP contribution in [0, 0.1) is 6.92 Å². The molecule has 1 aliphatic heterocycles. The Hall–Kier alpha value is -3.38. The molecule has 0 aliphatic carbocycles. The third kappa shape index (κ3) is 4.70. The molecular formula is C25H24N2O3S. The second-order valence-corrected chi connectivity index (χ2v) is 9.22. The molecule has 1 amide bonds. The number of hydrogen-bond donors (Lipinski definition) is 1. The van der Waals surface area contributed by atoms with Crippen molar-refractivity contribution in [3.8, 4) is 0 Å². The highest BCUT2D eigenvalue weighted by Crippen LogP contribution is 2.24. The average Bonchev–Trinajstić information content (AvgIpc) is 2.81. The first-order valence-electron chi connectivity index (χ1n) is 10.2. The number of nitrogens with one attached hydrogen (secondary N) is 1. The van der Waals surface area contributed by atoms with Crippen molar-refractivity contribution < 1.29 is 13.2 Å². The van der Waals surface area contributed by atoms with Gasteiger partial charge in [0.05, 0.1) is 10.6 Å². The van der Waals surface area contributed by atoms with E-state index >= 15 is 0 Å². The van der Waals surface area contributed by atoms with Gasteiger partial charge in [0.1, 0.15) is 0 Å². The van der Waals surface area contributed by atoms with E-state index in [2.05, 4.69) is 22.9 Å². The fourth-order valence-corrected chi connectivity index (χ4v) is 4.75. The van der Waals surface area contributed by atoms with E-state index in [9.17, 15) is 13.2 Å². The third-order valence-corrected chi connectivity index (χ3v) is 6.82. The van der Waals surface area contributed by atoms with Gasteiger partial charge in [0.25, 0.3) is 15.9 Å². The standard InChI is InChI=1S/C25H24N2O3S/c1-19-7-5-6-10-24(19)26-31(29,30)23-13-11-22(12-14-23)25(28)27-17-15-21(16-18-27)20-8-3-2-4-9-20/h2-15,26H,16-18H2,1H3. The smallest absolute Gasteiger partial charge is 0.261 e. The van der Waals surface area contributed by atoms with Crippen LogP contribution in [0.1, 0.15) is 27.9 Å². The lowest BCUT2D eigenvalue weighted by molar-refractivity contribution is 0.0773. The molecule has 0 fully saturated rings. The predicted molar refractivity (Wildman–Crippen MR) is 123 cm³/mol. The zero-order chi connectivity index (χ0) is 21.8. The number of nitrogens with zero attached hydrogens (tertiary/aromatic N) is 1. The van der Waals surface area contributed by atoms with Crippen LogP contribution in [0.2, 0.25) is 0 Å². The molecule has 6 heteroatoms. The summed E-state index contributed by atoms with van der Waals surface area (Å²) >= 11 is 0. The Morgan fingerprint density at radius 1 is 0.903 bits per heavy atom. The first-order chi connectivity index (χ1) is 14.9. The van der Waals surface area contributed by atoms with Gasteiger partial charge in [0, 0.05) is 18.7 Å². The van der Waals surface area contributed by atoms with E-state index in [1.807, 2.05) is 37.3 Å². The summed E-state index contributed by atoms with van der Waals surface area (Å²) < 4.78 is 28.0. The molecule has 31 heavy (non-hydrogen) atoms. The van der Waals surface area contributed by atoms with Crippen LogP contribution in [0.25, 0.3) is 5.57 Å². The van der Waals surface area contributed by atoms with Gasteiger partial charge < -0.3 is 4.90 Å². The first-order valence-corrected chi connectivity index (χ1v) is 11.6. The average molecular weight is 433 g/mol. The largest absolute Gasteiger partial charge is 0.335 e. The van der Waals surface area contributed by atoms with Gasteiger partial charge in [-0.05, 0) is 60.4 Å². The number of sulfonamides is 1. The number of carbonyl (C=O) groups excluding carboxylic acids is 1. The summed E-state index contributed by atoms with van der Waals surface area (Å²) in [4.78, 5) is 14.8. The van der Waals surface area contributed by atoms with E-state index in [-0.39, 0.29) is 10.8 Å². The molecule has 4 rings (SSSR count). The maximum atomic E-state index is 12.9. The minimum Gasteiger partial charge on any atom is -0.335 e. The Balaban J connectivity index is 1.45. The fraction of sp³-hybridized carbons (Fsp3) is 0.160. The van der Waals surface area contributed by atoms with Crippen molar-refractivity contribution >= 4 is 27.2 Å². The van der Waals surface area contributed by atoms with Crippen molar-refractivity contribution in [2.45, 2.75) is 18.2 Å².